The summed E-state index contributed by atoms with van der Waals surface area (Å²) in [7, 11) is 3.69. The highest BCUT2D eigenvalue weighted by molar-refractivity contribution is 14.0. The van der Waals surface area contributed by atoms with E-state index in [9.17, 15) is 4.79 Å². The topological polar surface area (TPSA) is 83.9 Å². The number of nitrogens with zero attached hydrogens (tertiary/aromatic N) is 2. The number of nitrogens with two attached hydrogens (primary N) is 1. The molecule has 6 nitrogen and oxygen atoms in total. The van der Waals surface area contributed by atoms with E-state index in [2.05, 4.69) is 41.5 Å². The van der Waals surface area contributed by atoms with Gasteiger partial charge in [-0.3, -0.25) is 9.79 Å². The smallest absolute Gasteiger partial charge is 0.284 e. The monoisotopic (exact) mass is 442 g/mol. The summed E-state index contributed by atoms with van der Waals surface area (Å²) >= 11 is 0. The molecular weight excluding hydrogens is 419 g/mol. The molecule has 3 N–H and O–H groups in total. The Kier molecular flexibility index (Phi) is 7.76. The van der Waals surface area contributed by atoms with Gasteiger partial charge in [-0.2, -0.15) is 0 Å². The average molecular weight is 442 g/mol. The predicted molar refractivity (Wildman–Crippen MR) is 105 cm³/mol. The fourth-order valence-corrected chi connectivity index (χ4v) is 2.20. The first-order valence-electron chi connectivity index (χ1n) is 7.35. The van der Waals surface area contributed by atoms with Gasteiger partial charge in [0.1, 0.15) is 5.76 Å². The number of guanidine groups is 1. The Morgan fingerprint density at radius 3 is 2.46 bits per heavy atom. The van der Waals surface area contributed by atoms with Crippen molar-refractivity contribution in [3.05, 3.63) is 59.0 Å². The number of hydrogen-bond acceptors (Lipinski definition) is 3. The maximum Gasteiger partial charge on any atom is 0.284 e. The molecule has 0 bridgehead atoms. The molecule has 1 aromatic carbocycles. The minimum atomic E-state index is -0.572. The van der Waals surface area contributed by atoms with Gasteiger partial charge in [-0.25, -0.2) is 0 Å². The number of hydrogen-bond donors (Lipinski definition) is 2. The van der Waals surface area contributed by atoms with Crippen LogP contribution in [0.25, 0.3) is 0 Å². The number of benzene rings is 1. The first-order chi connectivity index (χ1) is 11.0. The zero-order valence-electron chi connectivity index (χ0n) is 14.1. The van der Waals surface area contributed by atoms with Crippen molar-refractivity contribution in [2.24, 2.45) is 10.7 Å². The molecule has 0 aliphatic rings. The van der Waals surface area contributed by atoms with Gasteiger partial charge in [0, 0.05) is 20.6 Å². The van der Waals surface area contributed by atoms with Crippen molar-refractivity contribution in [2.75, 3.05) is 14.1 Å². The Labute approximate surface area is 159 Å². The van der Waals surface area contributed by atoms with Gasteiger partial charge < -0.3 is 20.4 Å². The summed E-state index contributed by atoms with van der Waals surface area (Å²) in [5.41, 5.74) is 7.61. The molecule has 0 saturated carbocycles. The SMILES string of the molecule is CN=C(NCc1ccc(C(N)=O)o1)N(C)Cc1ccc(C)cc1.I. The van der Waals surface area contributed by atoms with E-state index >= 15 is 0 Å². The summed E-state index contributed by atoms with van der Waals surface area (Å²) in [6, 6.07) is 11.7. The number of aliphatic imine (C=N–C) groups is 1. The molecular formula is C17H23IN4O2. The van der Waals surface area contributed by atoms with Crippen LogP contribution in [0.3, 0.4) is 0 Å². The molecule has 1 heterocycles. The maximum atomic E-state index is 11.0. The van der Waals surface area contributed by atoms with Crippen LogP contribution in [-0.2, 0) is 13.1 Å². The molecule has 2 rings (SSSR count). The van der Waals surface area contributed by atoms with Crippen LogP contribution in [0.4, 0.5) is 0 Å². The molecule has 1 amide bonds. The van der Waals surface area contributed by atoms with Crippen LogP contribution in [0.15, 0.2) is 45.8 Å². The van der Waals surface area contributed by atoms with E-state index in [1.54, 1.807) is 19.2 Å². The van der Waals surface area contributed by atoms with Gasteiger partial charge in [-0.05, 0) is 24.6 Å². The molecule has 1 aromatic heterocycles. The van der Waals surface area contributed by atoms with Crippen molar-refractivity contribution in [3.8, 4) is 0 Å². The van der Waals surface area contributed by atoms with E-state index < -0.39 is 5.91 Å². The van der Waals surface area contributed by atoms with Crippen molar-refractivity contribution in [3.63, 3.8) is 0 Å². The van der Waals surface area contributed by atoms with Crippen LogP contribution in [0.1, 0.15) is 27.4 Å². The molecule has 0 fully saturated rings. The minimum absolute atomic E-state index is 0. The van der Waals surface area contributed by atoms with Gasteiger partial charge >= 0.3 is 0 Å². The van der Waals surface area contributed by atoms with E-state index in [1.165, 1.54) is 11.1 Å². The molecule has 0 atom stereocenters. The van der Waals surface area contributed by atoms with Gasteiger partial charge in [0.15, 0.2) is 11.7 Å². The normalized spacial score (nSPS) is 10.9. The highest BCUT2D eigenvalue weighted by atomic mass is 127. The fraction of sp³-hybridized carbons (Fsp3) is 0.294. The van der Waals surface area contributed by atoms with Gasteiger partial charge in [0.05, 0.1) is 6.54 Å². The maximum absolute atomic E-state index is 11.0. The third-order valence-corrected chi connectivity index (χ3v) is 3.44. The van der Waals surface area contributed by atoms with E-state index in [1.807, 2.05) is 11.9 Å². The number of nitrogens with one attached hydrogen (secondary N) is 1. The molecule has 0 unspecified atom stereocenters. The highest BCUT2D eigenvalue weighted by Crippen LogP contribution is 2.08. The zero-order chi connectivity index (χ0) is 16.8. The molecule has 0 spiro atoms. The molecule has 130 valence electrons. The Bertz CT molecular complexity index is 695. The third-order valence-electron chi connectivity index (χ3n) is 3.44. The summed E-state index contributed by atoms with van der Waals surface area (Å²) in [5.74, 6) is 0.952. The first-order valence-corrected chi connectivity index (χ1v) is 7.35. The van der Waals surface area contributed by atoms with Gasteiger partial charge in [0.2, 0.25) is 0 Å². The lowest BCUT2D eigenvalue weighted by Gasteiger charge is -2.22. The molecule has 2 aromatic rings. The Morgan fingerprint density at radius 1 is 1.25 bits per heavy atom. The van der Waals surface area contributed by atoms with Gasteiger partial charge in [-0.1, -0.05) is 29.8 Å². The van der Waals surface area contributed by atoms with E-state index in [-0.39, 0.29) is 29.7 Å². The first kappa shape index (κ1) is 20.0. The number of furan rings is 1. The second kappa shape index (κ2) is 9.31. The lowest BCUT2D eigenvalue weighted by Crippen LogP contribution is -2.37. The lowest BCUT2D eigenvalue weighted by molar-refractivity contribution is 0.0972. The lowest BCUT2D eigenvalue weighted by atomic mass is 10.1. The van der Waals surface area contributed by atoms with Gasteiger partial charge in [0.25, 0.3) is 5.91 Å². The summed E-state index contributed by atoms with van der Waals surface area (Å²) in [4.78, 5) is 17.3. The van der Waals surface area contributed by atoms with Crippen LogP contribution in [-0.4, -0.2) is 30.9 Å². The van der Waals surface area contributed by atoms with Crippen LogP contribution < -0.4 is 11.1 Å². The van der Waals surface area contributed by atoms with Crippen molar-refractivity contribution in [1.82, 2.24) is 10.2 Å². The fourth-order valence-electron chi connectivity index (χ4n) is 2.20. The Balaban J connectivity index is 0.00000288. The second-order valence-electron chi connectivity index (χ2n) is 5.37. The van der Waals surface area contributed by atoms with Crippen LogP contribution in [0, 0.1) is 6.92 Å². The van der Waals surface area contributed by atoms with Crippen molar-refractivity contribution in [1.29, 1.82) is 0 Å². The number of rotatable bonds is 5. The Hall–Kier alpha value is -2.03. The molecule has 0 aliphatic heterocycles. The Morgan fingerprint density at radius 2 is 1.92 bits per heavy atom. The number of carbonyl (C=O) groups excluding carboxylic acids is 1. The minimum Gasteiger partial charge on any atom is -0.454 e. The standard InChI is InChI=1S/C17H22N4O2.HI/c1-12-4-6-13(7-5-12)11-21(3)17(19-2)20-10-14-8-9-15(23-14)16(18)22;/h4-9H,10-11H2,1-3H3,(H2,18,22)(H,19,20);1H. The molecule has 24 heavy (non-hydrogen) atoms. The van der Waals surface area contributed by atoms with Crippen molar-refractivity contribution < 1.29 is 9.21 Å². The van der Waals surface area contributed by atoms with Crippen molar-refractivity contribution in [2.45, 2.75) is 20.0 Å². The third kappa shape index (κ3) is 5.55. The number of halogens is 1. The summed E-state index contributed by atoms with van der Waals surface area (Å²) in [6.45, 7) is 3.24. The molecule has 0 aliphatic carbocycles. The van der Waals surface area contributed by atoms with Crippen LogP contribution >= 0.6 is 24.0 Å². The van der Waals surface area contributed by atoms with Crippen LogP contribution in [0.5, 0.6) is 0 Å². The zero-order valence-corrected chi connectivity index (χ0v) is 16.4. The average Bonchev–Trinajstić information content (AvgIpc) is 2.99. The quantitative estimate of drug-likeness (QED) is 0.424. The number of primary amides is 1. The van der Waals surface area contributed by atoms with Crippen LogP contribution in [0.2, 0.25) is 0 Å². The largest absolute Gasteiger partial charge is 0.454 e. The summed E-state index contributed by atoms with van der Waals surface area (Å²) < 4.78 is 5.34. The summed E-state index contributed by atoms with van der Waals surface area (Å²) in [6.07, 6.45) is 0. The van der Waals surface area contributed by atoms with Crippen molar-refractivity contribution >= 4 is 35.8 Å². The number of carbonyl (C=O) groups is 1. The molecule has 7 heteroatoms. The van der Waals surface area contributed by atoms with E-state index in [0.29, 0.717) is 12.3 Å². The molecule has 0 saturated heterocycles. The number of amides is 1. The van der Waals surface area contributed by atoms with E-state index in [4.69, 9.17) is 10.2 Å². The summed E-state index contributed by atoms with van der Waals surface area (Å²) in [5, 5.41) is 3.20. The predicted octanol–water partition coefficient (Wildman–Crippen LogP) is 2.51. The molecule has 0 radical (unpaired) electrons. The van der Waals surface area contributed by atoms with E-state index in [0.717, 1.165) is 12.5 Å². The van der Waals surface area contributed by atoms with Gasteiger partial charge in [-0.15, -0.1) is 24.0 Å². The highest BCUT2D eigenvalue weighted by Gasteiger charge is 2.10. The second-order valence-corrected chi connectivity index (χ2v) is 5.37. The number of aryl methyl sites for hydroxylation is 1.